The van der Waals surface area contributed by atoms with Gasteiger partial charge in [0.15, 0.2) is 0 Å². The van der Waals surface area contributed by atoms with Gasteiger partial charge >= 0.3 is 0 Å². The molecule has 0 aliphatic heterocycles. The second kappa shape index (κ2) is 5.92. The fourth-order valence-electron chi connectivity index (χ4n) is 1.58. The zero-order valence-corrected chi connectivity index (χ0v) is 13.0. The van der Waals surface area contributed by atoms with E-state index in [1.54, 1.807) is 10.9 Å². The zero-order valence-electron chi connectivity index (χ0n) is 10.6. The summed E-state index contributed by atoms with van der Waals surface area (Å²) in [6.07, 6.45) is 1.45. The van der Waals surface area contributed by atoms with E-state index in [1.165, 1.54) is 41.0 Å². The van der Waals surface area contributed by atoms with E-state index in [0.717, 1.165) is 0 Å². The Morgan fingerprint density at radius 3 is 2.85 bits per heavy atom. The highest BCUT2D eigenvalue weighted by Crippen LogP contribution is 2.19. The molecule has 20 heavy (non-hydrogen) atoms. The van der Waals surface area contributed by atoms with Crippen LogP contribution in [0, 0.1) is 0 Å². The van der Waals surface area contributed by atoms with E-state index in [-0.39, 0.29) is 22.1 Å². The summed E-state index contributed by atoms with van der Waals surface area (Å²) in [5.41, 5.74) is 7.96. The Morgan fingerprint density at radius 2 is 2.25 bits per heavy atom. The van der Waals surface area contributed by atoms with Crippen molar-refractivity contribution in [2.75, 3.05) is 7.05 Å². The molecule has 0 radical (unpaired) electrons. The van der Waals surface area contributed by atoms with Crippen molar-refractivity contribution in [3.05, 3.63) is 40.6 Å². The van der Waals surface area contributed by atoms with Crippen molar-refractivity contribution in [2.24, 2.45) is 5.73 Å². The summed E-state index contributed by atoms with van der Waals surface area (Å²) in [7, 11) is -2.25. The summed E-state index contributed by atoms with van der Waals surface area (Å²) in [6.45, 7) is 0.178. The van der Waals surface area contributed by atoms with Crippen molar-refractivity contribution in [1.82, 2.24) is 14.3 Å². The van der Waals surface area contributed by atoms with Gasteiger partial charge in [-0.15, -0.1) is 11.3 Å². The number of thiocarbonyl (C=S) groups is 1. The molecule has 0 aliphatic rings. The number of rotatable bonds is 5. The molecule has 2 rings (SSSR count). The minimum Gasteiger partial charge on any atom is -0.388 e. The van der Waals surface area contributed by atoms with E-state index in [9.17, 15) is 8.42 Å². The van der Waals surface area contributed by atoms with Gasteiger partial charge in [0, 0.05) is 18.6 Å². The van der Waals surface area contributed by atoms with E-state index in [2.05, 4.69) is 9.97 Å². The molecule has 9 heteroatoms. The number of aromatic nitrogens is 2. The Kier molecular flexibility index (Phi) is 4.43. The molecular weight excluding hydrogens is 316 g/mol. The molecule has 0 aromatic carbocycles. The van der Waals surface area contributed by atoms with Crippen LogP contribution in [0.1, 0.15) is 11.4 Å². The van der Waals surface area contributed by atoms with Gasteiger partial charge in [-0.25, -0.2) is 13.4 Å². The largest absolute Gasteiger partial charge is 0.388 e. The molecule has 6 nitrogen and oxygen atoms in total. The van der Waals surface area contributed by atoms with Gasteiger partial charge in [-0.1, -0.05) is 12.2 Å². The highest BCUT2D eigenvalue weighted by molar-refractivity contribution is 7.89. The Morgan fingerprint density at radius 1 is 1.50 bits per heavy atom. The lowest BCUT2D eigenvalue weighted by Crippen LogP contribution is -2.29. The van der Waals surface area contributed by atoms with Gasteiger partial charge in [-0.05, 0) is 12.1 Å². The van der Waals surface area contributed by atoms with Crippen LogP contribution in [0.4, 0.5) is 0 Å². The Hall–Kier alpha value is -1.42. The Balaban J connectivity index is 2.37. The van der Waals surface area contributed by atoms with Crippen LogP contribution in [0.2, 0.25) is 0 Å². The molecule has 0 saturated heterocycles. The van der Waals surface area contributed by atoms with Crippen LogP contribution in [0.15, 0.2) is 34.1 Å². The first-order valence-corrected chi connectivity index (χ1v) is 8.30. The van der Waals surface area contributed by atoms with Gasteiger partial charge in [0.1, 0.15) is 15.6 Å². The quantitative estimate of drug-likeness (QED) is 0.824. The highest BCUT2D eigenvalue weighted by Gasteiger charge is 2.25. The van der Waals surface area contributed by atoms with Gasteiger partial charge < -0.3 is 5.73 Å². The minimum absolute atomic E-state index is 0.00484. The number of nitrogens with zero attached hydrogens (tertiary/aromatic N) is 3. The summed E-state index contributed by atoms with van der Waals surface area (Å²) in [5, 5.41) is 1.80. The average molecular weight is 328 g/mol. The van der Waals surface area contributed by atoms with Crippen LogP contribution in [0.5, 0.6) is 0 Å². The maximum absolute atomic E-state index is 12.5. The molecule has 0 bridgehead atoms. The third-order valence-corrected chi connectivity index (χ3v) is 5.22. The first-order chi connectivity index (χ1) is 9.43. The third kappa shape index (κ3) is 3.01. The fourth-order valence-corrected chi connectivity index (χ4v) is 3.65. The molecule has 2 N–H and O–H groups in total. The topological polar surface area (TPSA) is 89.2 Å². The number of thiazole rings is 1. The minimum atomic E-state index is -3.72. The van der Waals surface area contributed by atoms with Crippen molar-refractivity contribution in [2.45, 2.75) is 11.4 Å². The maximum atomic E-state index is 12.5. The average Bonchev–Trinajstić information content (AvgIpc) is 2.91. The van der Waals surface area contributed by atoms with Gasteiger partial charge in [0.25, 0.3) is 0 Å². The molecule has 0 atom stereocenters. The van der Waals surface area contributed by atoms with Gasteiger partial charge in [0.2, 0.25) is 10.0 Å². The number of nitrogens with two attached hydrogens (primary N) is 1. The maximum Gasteiger partial charge on any atom is 0.245 e. The monoisotopic (exact) mass is 328 g/mol. The molecule has 2 aromatic rings. The fraction of sp³-hybridized carbons (Fsp3) is 0.182. The van der Waals surface area contributed by atoms with E-state index >= 15 is 0 Å². The third-order valence-electron chi connectivity index (χ3n) is 2.56. The second-order valence-corrected chi connectivity index (χ2v) is 7.13. The van der Waals surface area contributed by atoms with Crippen LogP contribution in [0.25, 0.3) is 0 Å². The standard InChI is InChI=1S/C11H12N4O2S3/c1-15(5-8-6-19-7-14-8)20(16,17)9-3-2-4-13-10(9)11(12)18/h2-4,6-7H,5H2,1H3,(H2,12,18). The number of hydrogen-bond donors (Lipinski definition) is 1. The van der Waals surface area contributed by atoms with Crippen LogP contribution < -0.4 is 5.73 Å². The molecule has 0 saturated carbocycles. The van der Waals surface area contributed by atoms with E-state index in [0.29, 0.717) is 5.69 Å². The molecule has 106 valence electrons. The van der Waals surface area contributed by atoms with Crippen LogP contribution in [-0.2, 0) is 16.6 Å². The van der Waals surface area contributed by atoms with Crippen molar-refractivity contribution in [1.29, 1.82) is 0 Å². The number of hydrogen-bond acceptors (Lipinski definition) is 6. The molecule has 0 fully saturated rings. The van der Waals surface area contributed by atoms with E-state index in [1.807, 2.05) is 0 Å². The van der Waals surface area contributed by atoms with E-state index < -0.39 is 10.0 Å². The zero-order chi connectivity index (χ0) is 14.8. The summed E-state index contributed by atoms with van der Waals surface area (Å²) in [4.78, 5) is 7.96. The normalized spacial score (nSPS) is 11.7. The number of pyridine rings is 1. The van der Waals surface area contributed by atoms with E-state index in [4.69, 9.17) is 18.0 Å². The molecule has 0 aliphatic carbocycles. The van der Waals surface area contributed by atoms with Crippen molar-refractivity contribution in [3.63, 3.8) is 0 Å². The van der Waals surface area contributed by atoms with Gasteiger partial charge in [0.05, 0.1) is 17.7 Å². The summed E-state index contributed by atoms with van der Waals surface area (Å²) < 4.78 is 26.3. The summed E-state index contributed by atoms with van der Waals surface area (Å²) in [6, 6.07) is 2.97. The molecule has 2 heterocycles. The number of sulfonamides is 1. The van der Waals surface area contributed by atoms with Crippen molar-refractivity contribution in [3.8, 4) is 0 Å². The molecule has 2 aromatic heterocycles. The lowest BCUT2D eigenvalue weighted by molar-refractivity contribution is 0.462. The molecule has 0 amide bonds. The highest BCUT2D eigenvalue weighted by atomic mass is 32.2. The van der Waals surface area contributed by atoms with Crippen LogP contribution >= 0.6 is 23.6 Å². The van der Waals surface area contributed by atoms with Gasteiger partial charge in [-0.2, -0.15) is 4.31 Å². The predicted molar refractivity (Wildman–Crippen MR) is 80.9 cm³/mol. The van der Waals surface area contributed by atoms with Gasteiger partial charge in [-0.3, -0.25) is 4.98 Å². The van der Waals surface area contributed by atoms with Crippen molar-refractivity contribution < 1.29 is 8.42 Å². The van der Waals surface area contributed by atoms with Crippen LogP contribution in [0.3, 0.4) is 0 Å². The molecule has 0 spiro atoms. The lowest BCUT2D eigenvalue weighted by Gasteiger charge is -2.17. The smallest absolute Gasteiger partial charge is 0.245 e. The first kappa shape index (κ1) is 15.0. The van der Waals surface area contributed by atoms with Crippen LogP contribution in [-0.4, -0.2) is 34.7 Å². The van der Waals surface area contributed by atoms with Crippen molar-refractivity contribution >= 4 is 38.6 Å². The first-order valence-electron chi connectivity index (χ1n) is 5.51. The second-order valence-electron chi connectivity index (χ2n) is 3.96. The summed E-state index contributed by atoms with van der Waals surface area (Å²) >= 11 is 6.25. The lowest BCUT2D eigenvalue weighted by atomic mass is 10.3. The Bertz CT molecular complexity index is 713. The summed E-state index contributed by atoms with van der Waals surface area (Å²) in [5.74, 6) is 0. The molecular formula is C11H12N4O2S3. The predicted octanol–water partition coefficient (Wildman–Crippen LogP) is 0.993. The SMILES string of the molecule is CN(Cc1cscn1)S(=O)(=O)c1cccnc1C(N)=S. The Labute approximate surface area is 126 Å². The molecule has 0 unspecified atom stereocenters.